The van der Waals surface area contributed by atoms with Crippen LogP contribution in [0.4, 0.5) is 5.69 Å². The number of carbonyl (C=O) groups is 1. The zero-order valence-corrected chi connectivity index (χ0v) is 20.7. The molecule has 1 N–H and O–H groups in total. The van der Waals surface area contributed by atoms with Gasteiger partial charge in [0, 0.05) is 18.4 Å². The maximum absolute atomic E-state index is 13.4. The third-order valence-electron chi connectivity index (χ3n) is 6.03. The Kier molecular flexibility index (Phi) is 7.19. The lowest BCUT2D eigenvalue weighted by molar-refractivity contribution is -0.116. The van der Waals surface area contributed by atoms with Crippen molar-refractivity contribution < 1.29 is 14.3 Å². The van der Waals surface area contributed by atoms with Gasteiger partial charge in [0.15, 0.2) is 17.0 Å². The van der Waals surface area contributed by atoms with Crippen molar-refractivity contribution in [1.82, 2.24) is 14.1 Å². The molecule has 0 spiro atoms. The molecule has 0 aliphatic carbocycles. The number of aromatic nitrogens is 3. The predicted molar refractivity (Wildman–Crippen MR) is 138 cm³/mol. The second kappa shape index (κ2) is 10.5. The van der Waals surface area contributed by atoms with E-state index in [9.17, 15) is 14.4 Å². The molecule has 0 radical (unpaired) electrons. The quantitative estimate of drug-likeness (QED) is 0.409. The molecule has 0 fully saturated rings. The lowest BCUT2D eigenvalue weighted by atomic mass is 10.1. The fourth-order valence-corrected chi connectivity index (χ4v) is 4.07. The van der Waals surface area contributed by atoms with E-state index in [1.807, 2.05) is 38.1 Å². The number of ether oxygens (including phenoxy) is 2. The van der Waals surface area contributed by atoms with Crippen LogP contribution < -0.4 is 26.0 Å². The number of amides is 1. The van der Waals surface area contributed by atoms with Crippen LogP contribution in [0.3, 0.4) is 0 Å². The minimum Gasteiger partial charge on any atom is -0.493 e. The molecule has 0 saturated carbocycles. The Bertz CT molecular complexity index is 1550. The predicted octanol–water partition coefficient (Wildman–Crippen LogP) is 3.07. The highest BCUT2D eigenvalue weighted by molar-refractivity contribution is 5.92. The van der Waals surface area contributed by atoms with Crippen molar-refractivity contribution >= 4 is 22.6 Å². The average Bonchev–Trinajstić information content (AvgIpc) is 2.88. The van der Waals surface area contributed by atoms with Crippen LogP contribution in [-0.2, 0) is 24.3 Å². The molecular formula is C27H28N4O5. The number of fused-ring (bicyclic) bond motifs is 1. The van der Waals surface area contributed by atoms with E-state index < -0.39 is 11.2 Å². The molecule has 186 valence electrons. The molecule has 4 aromatic rings. The Morgan fingerprint density at radius 2 is 1.75 bits per heavy atom. The highest BCUT2D eigenvalue weighted by atomic mass is 16.5. The minimum atomic E-state index is -0.572. The van der Waals surface area contributed by atoms with Crippen LogP contribution in [0, 0.1) is 13.8 Å². The second-order valence-electron chi connectivity index (χ2n) is 8.50. The van der Waals surface area contributed by atoms with Crippen LogP contribution in [0.15, 0.2) is 64.3 Å². The van der Waals surface area contributed by atoms with Crippen molar-refractivity contribution in [3.05, 3.63) is 92.3 Å². The summed E-state index contributed by atoms with van der Waals surface area (Å²) >= 11 is 0. The maximum Gasteiger partial charge on any atom is 0.332 e. The molecule has 2 heterocycles. The standard InChI is InChI=1S/C27H28N4O5/c1-17-7-8-18(2)20(14-17)29-24(32)16-31-21-6-5-12-28-25(21)26(33)30(27(31)34)13-11-19-9-10-22(35-3)23(15-19)36-4/h5-10,12,14-15H,11,13,16H2,1-4H3,(H,29,32). The molecule has 2 aromatic heterocycles. The van der Waals surface area contributed by atoms with Crippen LogP contribution in [-0.4, -0.2) is 34.2 Å². The molecule has 0 aliphatic heterocycles. The maximum atomic E-state index is 13.4. The first kappa shape index (κ1) is 24.7. The van der Waals surface area contributed by atoms with Gasteiger partial charge < -0.3 is 14.8 Å². The molecule has 0 bridgehead atoms. The Morgan fingerprint density at radius 1 is 0.972 bits per heavy atom. The summed E-state index contributed by atoms with van der Waals surface area (Å²) in [6.07, 6.45) is 1.88. The zero-order chi connectivity index (χ0) is 25.8. The Hall–Kier alpha value is -4.40. The molecule has 1 amide bonds. The van der Waals surface area contributed by atoms with E-state index in [1.165, 1.54) is 10.8 Å². The topological polar surface area (TPSA) is 104 Å². The smallest absolute Gasteiger partial charge is 0.332 e. The monoisotopic (exact) mass is 488 g/mol. The number of carbonyl (C=O) groups excluding carboxylic acids is 1. The van der Waals surface area contributed by atoms with Gasteiger partial charge in [0.2, 0.25) is 5.91 Å². The molecule has 0 aliphatic rings. The number of benzene rings is 2. The van der Waals surface area contributed by atoms with Gasteiger partial charge in [-0.3, -0.25) is 18.7 Å². The molecule has 0 atom stereocenters. The number of rotatable bonds is 8. The average molecular weight is 489 g/mol. The van der Waals surface area contributed by atoms with Gasteiger partial charge in [-0.05, 0) is 67.3 Å². The van der Waals surface area contributed by atoms with E-state index in [4.69, 9.17) is 9.47 Å². The molecule has 9 heteroatoms. The first-order valence-electron chi connectivity index (χ1n) is 11.5. The van der Waals surface area contributed by atoms with Crippen molar-refractivity contribution in [2.45, 2.75) is 33.4 Å². The van der Waals surface area contributed by atoms with Gasteiger partial charge in [-0.2, -0.15) is 0 Å². The summed E-state index contributed by atoms with van der Waals surface area (Å²) in [6, 6.07) is 14.4. The van der Waals surface area contributed by atoms with E-state index >= 15 is 0 Å². The first-order valence-corrected chi connectivity index (χ1v) is 11.5. The first-order chi connectivity index (χ1) is 17.3. The minimum absolute atomic E-state index is 0.109. The zero-order valence-electron chi connectivity index (χ0n) is 20.7. The summed E-state index contributed by atoms with van der Waals surface area (Å²) in [5, 5.41) is 2.87. The van der Waals surface area contributed by atoms with Gasteiger partial charge in [0.25, 0.3) is 5.56 Å². The summed E-state index contributed by atoms with van der Waals surface area (Å²) in [6.45, 7) is 3.69. The molecule has 0 saturated heterocycles. The summed E-state index contributed by atoms with van der Waals surface area (Å²) in [7, 11) is 3.10. The number of hydrogen-bond donors (Lipinski definition) is 1. The fourth-order valence-electron chi connectivity index (χ4n) is 4.07. The van der Waals surface area contributed by atoms with Gasteiger partial charge >= 0.3 is 5.69 Å². The van der Waals surface area contributed by atoms with Gasteiger partial charge in [-0.1, -0.05) is 18.2 Å². The fraction of sp³-hybridized carbons (Fsp3) is 0.259. The number of anilines is 1. The normalized spacial score (nSPS) is 10.9. The number of nitrogens with zero attached hydrogens (tertiary/aromatic N) is 3. The van der Waals surface area contributed by atoms with Crippen molar-refractivity contribution in [3.8, 4) is 11.5 Å². The Morgan fingerprint density at radius 3 is 2.50 bits per heavy atom. The van der Waals surface area contributed by atoms with Gasteiger partial charge in [-0.25, -0.2) is 9.78 Å². The number of hydrogen-bond acceptors (Lipinski definition) is 6. The molecular weight excluding hydrogens is 460 g/mol. The molecule has 0 unspecified atom stereocenters. The third-order valence-corrected chi connectivity index (χ3v) is 6.03. The van der Waals surface area contributed by atoms with Crippen molar-refractivity contribution in [1.29, 1.82) is 0 Å². The summed E-state index contributed by atoms with van der Waals surface area (Å²) < 4.78 is 13.0. The van der Waals surface area contributed by atoms with Crippen LogP contribution >= 0.6 is 0 Å². The molecule has 9 nitrogen and oxygen atoms in total. The number of aryl methyl sites for hydroxylation is 3. The Balaban J connectivity index is 1.67. The van der Waals surface area contributed by atoms with Crippen molar-refractivity contribution in [3.63, 3.8) is 0 Å². The summed E-state index contributed by atoms with van der Waals surface area (Å²) in [5.41, 5.74) is 2.82. The lowest BCUT2D eigenvalue weighted by Gasteiger charge is -2.15. The van der Waals surface area contributed by atoms with Crippen LogP contribution in [0.1, 0.15) is 16.7 Å². The van der Waals surface area contributed by atoms with Crippen LogP contribution in [0.2, 0.25) is 0 Å². The molecule has 2 aromatic carbocycles. The van der Waals surface area contributed by atoms with E-state index in [0.29, 0.717) is 29.1 Å². The van der Waals surface area contributed by atoms with Gasteiger partial charge in [-0.15, -0.1) is 0 Å². The van der Waals surface area contributed by atoms with Crippen molar-refractivity contribution in [2.24, 2.45) is 0 Å². The number of methoxy groups -OCH3 is 2. The lowest BCUT2D eigenvalue weighted by Crippen LogP contribution is -2.42. The highest BCUT2D eigenvalue weighted by Gasteiger charge is 2.17. The summed E-state index contributed by atoms with van der Waals surface area (Å²) in [5.74, 6) is 0.773. The van der Waals surface area contributed by atoms with E-state index in [-0.39, 0.29) is 24.5 Å². The largest absolute Gasteiger partial charge is 0.493 e. The van der Waals surface area contributed by atoms with E-state index in [2.05, 4.69) is 10.3 Å². The van der Waals surface area contributed by atoms with E-state index in [0.717, 1.165) is 21.3 Å². The van der Waals surface area contributed by atoms with Crippen LogP contribution in [0.25, 0.3) is 11.0 Å². The number of nitrogens with one attached hydrogen (secondary N) is 1. The van der Waals surface area contributed by atoms with Crippen molar-refractivity contribution in [2.75, 3.05) is 19.5 Å². The third kappa shape index (κ3) is 5.00. The number of pyridine rings is 1. The highest BCUT2D eigenvalue weighted by Crippen LogP contribution is 2.27. The summed E-state index contributed by atoms with van der Waals surface area (Å²) in [4.78, 5) is 43.7. The van der Waals surface area contributed by atoms with Gasteiger partial charge in [0.05, 0.1) is 19.7 Å². The molecule has 4 rings (SSSR count). The SMILES string of the molecule is COc1ccc(CCn2c(=O)c3ncccc3n(CC(=O)Nc3cc(C)ccc3C)c2=O)cc1OC. The molecule has 36 heavy (non-hydrogen) atoms. The van der Waals surface area contributed by atoms with E-state index in [1.54, 1.807) is 38.5 Å². The van der Waals surface area contributed by atoms with Crippen LogP contribution in [0.5, 0.6) is 11.5 Å². The van der Waals surface area contributed by atoms with Gasteiger partial charge in [0.1, 0.15) is 6.54 Å². The second-order valence-corrected chi connectivity index (χ2v) is 8.50. The Labute approximate surface area is 207 Å².